The fraction of sp³-hybridized carbons (Fsp3) is 0. The first-order valence-electron chi connectivity index (χ1n) is 23.9. The lowest BCUT2D eigenvalue weighted by Crippen LogP contribution is -2.10. The number of benzene rings is 10. The lowest BCUT2D eigenvalue weighted by atomic mass is 9.98. The van der Waals surface area contributed by atoms with E-state index in [4.69, 9.17) is 0 Å². The van der Waals surface area contributed by atoms with Crippen LogP contribution in [-0.2, 0) is 0 Å². The Hall–Kier alpha value is -7.94. The van der Waals surface area contributed by atoms with Crippen LogP contribution in [0, 0.1) is 0 Å². The van der Waals surface area contributed by atoms with Gasteiger partial charge in [-0.2, -0.15) is 0 Å². The molecule has 0 radical (unpaired) electrons. The third-order valence-electron chi connectivity index (χ3n) is 11.1. The molecule has 2 heteroatoms. The molecule has 0 aliphatic heterocycles. The van der Waals surface area contributed by atoms with Crippen LogP contribution in [0.2, 0.25) is 0 Å². The Bertz CT molecular complexity index is 3720. The zero-order valence-electron chi connectivity index (χ0n) is 40.4. The summed E-state index contributed by atoms with van der Waals surface area (Å²) in [6.07, 6.45) is 0. The number of hydrogen-bond donors (Lipinski definition) is 0. The summed E-state index contributed by atoms with van der Waals surface area (Å²) in [6.45, 7) is 0. The normalized spacial score (nSPS) is 13.2. The molecule has 0 fully saturated rings. The molecular weight excluding hydrogens is 725 g/mol. The van der Waals surface area contributed by atoms with Gasteiger partial charge in [-0.1, -0.05) is 182 Å². The van der Waals surface area contributed by atoms with E-state index < -0.39 is 24.2 Å². The number of rotatable bonds is 8. The molecule has 0 aliphatic rings. The molecule has 1 aromatic heterocycles. The summed E-state index contributed by atoms with van der Waals surface area (Å²) in [6, 6.07) is 59.7. The lowest BCUT2D eigenvalue weighted by molar-refractivity contribution is 1.19. The second-order valence-corrected chi connectivity index (χ2v) is 14.7. The minimum absolute atomic E-state index is 0.102. The van der Waals surface area contributed by atoms with Crippen molar-refractivity contribution >= 4 is 49.6 Å². The van der Waals surface area contributed by atoms with E-state index in [-0.39, 0.29) is 46.7 Å². The second-order valence-electron chi connectivity index (χ2n) is 14.7. The van der Waals surface area contributed by atoms with Gasteiger partial charge in [0, 0.05) is 33.5 Å². The van der Waals surface area contributed by atoms with Gasteiger partial charge in [-0.05, 0) is 116 Å². The summed E-state index contributed by atoms with van der Waals surface area (Å²) in [4.78, 5) is 1.38. The van der Waals surface area contributed by atoms with Crippen molar-refractivity contribution in [3.8, 4) is 50.2 Å². The quantitative estimate of drug-likeness (QED) is 0.149. The van der Waals surface area contributed by atoms with E-state index in [1.807, 2.05) is 103 Å². The van der Waals surface area contributed by atoms with Gasteiger partial charge in [0.25, 0.3) is 0 Å². The van der Waals surface area contributed by atoms with Gasteiger partial charge >= 0.3 is 0 Å². The number of anilines is 3. The molecule has 0 amide bonds. The summed E-state index contributed by atoms with van der Waals surface area (Å²) >= 11 is 0. The first-order chi connectivity index (χ1) is 33.1. The second kappa shape index (κ2) is 15.1. The van der Waals surface area contributed by atoms with E-state index in [1.165, 1.54) is 4.90 Å². The number of hydrogen-bond acceptors (Lipinski definition) is 1. The van der Waals surface area contributed by atoms with Crippen molar-refractivity contribution in [3.05, 3.63) is 242 Å². The van der Waals surface area contributed by atoms with Gasteiger partial charge in [0.1, 0.15) is 0 Å². The van der Waals surface area contributed by atoms with Crippen molar-refractivity contribution in [1.82, 2.24) is 4.57 Å². The zero-order valence-corrected chi connectivity index (χ0v) is 32.4. The Morgan fingerprint density at radius 3 is 1.53 bits per heavy atom. The van der Waals surface area contributed by atoms with Crippen LogP contribution in [0.15, 0.2) is 242 Å². The Morgan fingerprint density at radius 2 is 0.850 bits per heavy atom. The van der Waals surface area contributed by atoms with Crippen LogP contribution >= 0.6 is 0 Å². The van der Waals surface area contributed by atoms with Crippen molar-refractivity contribution in [2.24, 2.45) is 0 Å². The fourth-order valence-corrected chi connectivity index (χ4v) is 8.23. The average molecular weight is 773 g/mol. The van der Waals surface area contributed by atoms with E-state index in [0.29, 0.717) is 16.8 Å². The van der Waals surface area contributed by atoms with Crippen LogP contribution in [0.1, 0.15) is 11.0 Å². The van der Waals surface area contributed by atoms with Crippen molar-refractivity contribution in [2.45, 2.75) is 0 Å². The maximum Gasteiger partial charge on any atom is 0.0645 e. The molecule has 0 atom stereocenters. The number of aromatic nitrogens is 1. The zero-order chi connectivity index (χ0) is 46.8. The molecule has 10 aromatic carbocycles. The van der Waals surface area contributed by atoms with Crippen LogP contribution < -0.4 is 4.90 Å². The molecule has 11 rings (SSSR count). The fourth-order valence-electron chi connectivity index (χ4n) is 8.23. The van der Waals surface area contributed by atoms with Gasteiger partial charge in [0.15, 0.2) is 0 Å². The molecule has 1 heterocycles. The van der Waals surface area contributed by atoms with Crippen LogP contribution in [0.4, 0.5) is 17.1 Å². The molecule has 0 N–H and O–H groups in total. The average Bonchev–Trinajstić information content (AvgIpc) is 3.72. The number of nitrogens with zero attached hydrogens (tertiary/aromatic N) is 2. The summed E-state index contributed by atoms with van der Waals surface area (Å²) in [7, 11) is 0. The van der Waals surface area contributed by atoms with E-state index in [2.05, 4.69) is 53.1 Å². The molecule has 0 aliphatic carbocycles. The third-order valence-corrected chi connectivity index (χ3v) is 11.1. The van der Waals surface area contributed by atoms with Crippen molar-refractivity contribution < 1.29 is 11.0 Å². The maximum absolute atomic E-state index is 9.65. The molecule has 282 valence electrons. The molecule has 0 saturated heterocycles. The van der Waals surface area contributed by atoms with Gasteiger partial charge in [0.05, 0.1) is 22.0 Å². The van der Waals surface area contributed by atoms with Gasteiger partial charge < -0.3 is 9.47 Å². The van der Waals surface area contributed by atoms with E-state index in [0.717, 1.165) is 60.5 Å². The highest BCUT2D eigenvalue weighted by molar-refractivity contribution is 6.16. The van der Waals surface area contributed by atoms with Crippen molar-refractivity contribution in [2.75, 3.05) is 4.90 Å². The van der Waals surface area contributed by atoms with Crippen LogP contribution in [0.3, 0.4) is 0 Å². The molecule has 11 aromatic rings. The Labute approximate surface area is 361 Å². The minimum atomic E-state index is -0.400. The van der Waals surface area contributed by atoms with E-state index in [1.54, 1.807) is 42.5 Å². The van der Waals surface area contributed by atoms with Crippen LogP contribution in [0.5, 0.6) is 0 Å². The molecular formula is C58H40N2. The van der Waals surface area contributed by atoms with E-state index >= 15 is 0 Å². The third kappa shape index (κ3) is 6.41. The Kier molecular flexibility index (Phi) is 6.96. The van der Waals surface area contributed by atoms with Gasteiger partial charge in [-0.3, -0.25) is 0 Å². The number of para-hydroxylation sites is 1. The highest BCUT2D eigenvalue weighted by Crippen LogP contribution is 2.42. The first kappa shape index (κ1) is 27.7. The van der Waals surface area contributed by atoms with Crippen molar-refractivity contribution in [1.29, 1.82) is 0 Å². The van der Waals surface area contributed by atoms with Crippen LogP contribution in [-0.4, -0.2) is 4.57 Å². The van der Waals surface area contributed by atoms with Gasteiger partial charge in [-0.15, -0.1) is 0 Å². The first-order valence-corrected chi connectivity index (χ1v) is 19.9. The monoisotopic (exact) mass is 772 g/mol. The molecule has 0 bridgehead atoms. The van der Waals surface area contributed by atoms with Gasteiger partial charge in [0.2, 0.25) is 0 Å². The SMILES string of the molecule is [2H]c1c([2H])c(N(c2cccc(-c3cccc4c3c3ccccc3n4-c3ccc4ccccc4c3)c2)c2c([2H])c([2H])c(-c3ccc(-c4ccccc4)cc3)c([2H])c2[2H])c([2H])c([2H])c1-c1ccccc1. The number of fused-ring (bicyclic) bond motifs is 4. The topological polar surface area (TPSA) is 8.17 Å². The largest absolute Gasteiger partial charge is 0.310 e. The summed E-state index contributed by atoms with van der Waals surface area (Å²) in [5.41, 5.74) is 7.70. The molecule has 60 heavy (non-hydrogen) atoms. The highest BCUT2D eigenvalue weighted by Gasteiger charge is 2.19. The molecule has 0 unspecified atom stereocenters. The minimum Gasteiger partial charge on any atom is -0.310 e. The lowest BCUT2D eigenvalue weighted by Gasteiger charge is -2.26. The van der Waals surface area contributed by atoms with Crippen LogP contribution in [0.25, 0.3) is 82.8 Å². The summed E-state index contributed by atoms with van der Waals surface area (Å²) in [5.74, 6) is 0. The summed E-state index contributed by atoms with van der Waals surface area (Å²) in [5, 5.41) is 4.28. The molecule has 2 nitrogen and oxygen atoms in total. The van der Waals surface area contributed by atoms with E-state index in [9.17, 15) is 11.0 Å². The molecule has 0 spiro atoms. The molecule has 0 saturated carbocycles. The maximum atomic E-state index is 9.65. The predicted molar refractivity (Wildman–Crippen MR) is 255 cm³/mol. The van der Waals surface area contributed by atoms with Crippen molar-refractivity contribution in [3.63, 3.8) is 0 Å². The Morgan fingerprint density at radius 1 is 0.333 bits per heavy atom. The Balaban J connectivity index is 1.13. The highest BCUT2D eigenvalue weighted by atomic mass is 15.1. The standard InChI is InChI=1S/C58H40N2/c1-3-13-41(14-4-1)44-25-27-45(28-26-44)47-31-36-51(37-32-47)59(50-34-29-46(30-35-50)42-15-5-2-6-16-42)52-20-11-19-49(40-52)54-22-12-24-57-58(54)55-21-9-10-23-56(55)60(57)53-38-33-43-17-7-8-18-48(43)39-53/h1-40H/i29D,30D,31D,32D,34D,35D,36D,37D. The predicted octanol–water partition coefficient (Wildman–Crippen LogP) is 16.1. The smallest absolute Gasteiger partial charge is 0.0645 e. The van der Waals surface area contributed by atoms with Gasteiger partial charge in [-0.25, -0.2) is 0 Å². The summed E-state index contributed by atoms with van der Waals surface area (Å²) < 4.78 is 78.3.